The number of rotatable bonds is 5. The number of carbonyl (C=O) groups excluding carboxylic acids is 1. The van der Waals surface area contributed by atoms with Gasteiger partial charge in [0.05, 0.1) is 0 Å². The van der Waals surface area contributed by atoms with Crippen molar-refractivity contribution in [3.05, 3.63) is 28.8 Å². The van der Waals surface area contributed by atoms with Gasteiger partial charge in [-0.1, -0.05) is 31.4 Å². The lowest BCUT2D eigenvalue weighted by atomic mass is 10.2. The molecular formula is C16H22ClNO2. The average molecular weight is 296 g/mol. The molecule has 1 aliphatic rings. The van der Waals surface area contributed by atoms with Crippen molar-refractivity contribution in [2.24, 2.45) is 0 Å². The Hall–Kier alpha value is -1.22. The lowest BCUT2D eigenvalue weighted by molar-refractivity contribution is -0.128. The molecule has 0 aromatic heterocycles. The summed E-state index contributed by atoms with van der Waals surface area (Å²) in [4.78, 5) is 12.2. The summed E-state index contributed by atoms with van der Waals surface area (Å²) in [6.07, 6.45) is 4.80. The molecule has 0 spiro atoms. The highest BCUT2D eigenvalue weighted by molar-refractivity contribution is 6.31. The number of halogens is 1. The average Bonchev–Trinajstić information content (AvgIpc) is 2.92. The van der Waals surface area contributed by atoms with Crippen LogP contribution in [-0.2, 0) is 4.79 Å². The van der Waals surface area contributed by atoms with Crippen LogP contribution in [0.2, 0.25) is 5.02 Å². The number of carbonyl (C=O) groups is 1. The van der Waals surface area contributed by atoms with Crippen molar-refractivity contribution in [2.75, 3.05) is 0 Å². The van der Waals surface area contributed by atoms with Gasteiger partial charge in [-0.2, -0.15) is 0 Å². The van der Waals surface area contributed by atoms with E-state index in [2.05, 4.69) is 5.32 Å². The number of benzene rings is 1. The van der Waals surface area contributed by atoms with Crippen LogP contribution in [0.3, 0.4) is 0 Å². The van der Waals surface area contributed by atoms with E-state index in [0.717, 1.165) is 18.4 Å². The predicted molar refractivity (Wildman–Crippen MR) is 81.3 cm³/mol. The van der Waals surface area contributed by atoms with Gasteiger partial charge in [0.25, 0.3) is 5.91 Å². The maximum absolute atomic E-state index is 12.2. The first-order chi connectivity index (χ1) is 9.60. The van der Waals surface area contributed by atoms with Crippen LogP contribution in [0.25, 0.3) is 0 Å². The monoisotopic (exact) mass is 295 g/mol. The number of ether oxygens (including phenoxy) is 1. The van der Waals surface area contributed by atoms with Crippen LogP contribution in [0.4, 0.5) is 0 Å². The van der Waals surface area contributed by atoms with E-state index in [1.165, 1.54) is 12.8 Å². The molecule has 1 N–H and O–H groups in total. The minimum absolute atomic E-state index is 0.00740. The van der Waals surface area contributed by atoms with Crippen LogP contribution in [0.5, 0.6) is 5.75 Å². The van der Waals surface area contributed by atoms with Crippen LogP contribution in [-0.4, -0.2) is 18.1 Å². The Labute approximate surface area is 125 Å². The van der Waals surface area contributed by atoms with Crippen molar-refractivity contribution in [3.8, 4) is 5.75 Å². The fourth-order valence-corrected chi connectivity index (χ4v) is 2.66. The molecule has 4 heteroatoms. The van der Waals surface area contributed by atoms with Gasteiger partial charge in [-0.15, -0.1) is 0 Å². The number of nitrogens with one attached hydrogen (secondary N) is 1. The van der Waals surface area contributed by atoms with Gasteiger partial charge in [0.2, 0.25) is 0 Å². The first-order valence-corrected chi connectivity index (χ1v) is 7.71. The summed E-state index contributed by atoms with van der Waals surface area (Å²) in [5, 5.41) is 3.80. The molecule has 0 bridgehead atoms. The molecule has 0 radical (unpaired) electrons. The SMILES string of the molecule is CCC(Oc1ccc(Cl)c(C)c1)C(=O)NC1CCCC1. The predicted octanol–water partition coefficient (Wildman–Crippen LogP) is 3.86. The first-order valence-electron chi connectivity index (χ1n) is 7.33. The van der Waals surface area contributed by atoms with E-state index >= 15 is 0 Å². The fourth-order valence-electron chi connectivity index (χ4n) is 2.54. The topological polar surface area (TPSA) is 38.3 Å². The van der Waals surface area contributed by atoms with Crippen molar-refractivity contribution in [1.82, 2.24) is 5.32 Å². The first kappa shape index (κ1) is 15.2. The summed E-state index contributed by atoms with van der Waals surface area (Å²) in [5.74, 6) is 0.687. The zero-order chi connectivity index (χ0) is 14.5. The van der Waals surface area contributed by atoms with Gasteiger partial charge in [-0.3, -0.25) is 4.79 Å². The quantitative estimate of drug-likeness (QED) is 0.895. The molecule has 1 atom stereocenters. The Bertz CT molecular complexity index is 470. The highest BCUT2D eigenvalue weighted by Gasteiger charge is 2.23. The lowest BCUT2D eigenvalue weighted by Crippen LogP contribution is -2.42. The van der Waals surface area contributed by atoms with Crippen molar-refractivity contribution >= 4 is 17.5 Å². The minimum Gasteiger partial charge on any atom is -0.481 e. The molecule has 1 saturated carbocycles. The van der Waals surface area contributed by atoms with E-state index in [0.29, 0.717) is 23.2 Å². The molecule has 1 fully saturated rings. The molecule has 110 valence electrons. The molecule has 0 saturated heterocycles. The van der Waals surface area contributed by atoms with Crippen molar-refractivity contribution in [1.29, 1.82) is 0 Å². The van der Waals surface area contributed by atoms with E-state index in [4.69, 9.17) is 16.3 Å². The fraction of sp³-hybridized carbons (Fsp3) is 0.562. The van der Waals surface area contributed by atoms with Gasteiger partial charge in [0.1, 0.15) is 5.75 Å². The number of amides is 1. The Morgan fingerprint density at radius 1 is 1.45 bits per heavy atom. The van der Waals surface area contributed by atoms with E-state index in [1.54, 1.807) is 12.1 Å². The molecule has 3 nitrogen and oxygen atoms in total. The summed E-state index contributed by atoms with van der Waals surface area (Å²) >= 11 is 5.99. The van der Waals surface area contributed by atoms with Crippen molar-refractivity contribution in [2.45, 2.75) is 58.1 Å². The zero-order valence-electron chi connectivity index (χ0n) is 12.1. The Morgan fingerprint density at radius 3 is 2.75 bits per heavy atom. The van der Waals surface area contributed by atoms with Gasteiger partial charge >= 0.3 is 0 Å². The summed E-state index contributed by atoms with van der Waals surface area (Å²) in [7, 11) is 0. The van der Waals surface area contributed by atoms with Crippen LogP contribution < -0.4 is 10.1 Å². The molecule has 1 unspecified atom stereocenters. The number of aryl methyl sites for hydroxylation is 1. The normalized spacial score (nSPS) is 16.9. The summed E-state index contributed by atoms with van der Waals surface area (Å²) < 4.78 is 5.80. The van der Waals surface area contributed by atoms with Gasteiger partial charge in [0, 0.05) is 11.1 Å². The summed E-state index contributed by atoms with van der Waals surface area (Å²) in [6.45, 7) is 3.89. The van der Waals surface area contributed by atoms with Crippen LogP contribution in [0, 0.1) is 6.92 Å². The van der Waals surface area contributed by atoms with Gasteiger partial charge in [0.15, 0.2) is 6.10 Å². The molecule has 2 rings (SSSR count). The van der Waals surface area contributed by atoms with Crippen LogP contribution in [0.15, 0.2) is 18.2 Å². The smallest absolute Gasteiger partial charge is 0.261 e. The summed E-state index contributed by atoms with van der Waals surface area (Å²) in [5.41, 5.74) is 0.954. The lowest BCUT2D eigenvalue weighted by Gasteiger charge is -2.20. The standard InChI is InChI=1S/C16H22ClNO2/c1-3-15(16(19)18-12-6-4-5-7-12)20-13-8-9-14(17)11(2)10-13/h8-10,12,15H,3-7H2,1-2H3,(H,18,19). The van der Waals surface area contributed by atoms with Crippen LogP contribution >= 0.6 is 11.6 Å². The molecule has 0 aliphatic heterocycles. The van der Waals surface area contributed by atoms with Crippen molar-refractivity contribution in [3.63, 3.8) is 0 Å². The third-order valence-corrected chi connectivity index (χ3v) is 4.20. The second kappa shape index (κ2) is 6.98. The molecule has 1 aromatic carbocycles. The van der Waals surface area contributed by atoms with Crippen LogP contribution in [0.1, 0.15) is 44.6 Å². The Kier molecular flexibility index (Phi) is 5.30. The van der Waals surface area contributed by atoms with E-state index < -0.39 is 6.10 Å². The summed E-state index contributed by atoms with van der Waals surface area (Å²) in [6, 6.07) is 5.80. The maximum atomic E-state index is 12.2. The number of hydrogen-bond acceptors (Lipinski definition) is 2. The minimum atomic E-state index is -0.434. The van der Waals surface area contributed by atoms with Gasteiger partial charge in [-0.25, -0.2) is 0 Å². The van der Waals surface area contributed by atoms with Gasteiger partial charge in [-0.05, 0) is 49.9 Å². The molecule has 1 amide bonds. The van der Waals surface area contributed by atoms with E-state index in [-0.39, 0.29) is 5.91 Å². The maximum Gasteiger partial charge on any atom is 0.261 e. The Balaban J connectivity index is 1.96. The zero-order valence-corrected chi connectivity index (χ0v) is 12.9. The largest absolute Gasteiger partial charge is 0.481 e. The Morgan fingerprint density at radius 2 is 2.15 bits per heavy atom. The van der Waals surface area contributed by atoms with E-state index in [1.807, 2.05) is 19.9 Å². The second-order valence-corrected chi connectivity index (χ2v) is 5.82. The molecular weight excluding hydrogens is 274 g/mol. The highest BCUT2D eigenvalue weighted by atomic mass is 35.5. The third kappa shape index (κ3) is 3.89. The molecule has 0 heterocycles. The highest BCUT2D eigenvalue weighted by Crippen LogP contribution is 2.23. The van der Waals surface area contributed by atoms with Crippen molar-refractivity contribution < 1.29 is 9.53 Å². The molecule has 1 aliphatic carbocycles. The van der Waals surface area contributed by atoms with E-state index in [9.17, 15) is 4.79 Å². The third-order valence-electron chi connectivity index (χ3n) is 3.77. The van der Waals surface area contributed by atoms with Gasteiger partial charge < -0.3 is 10.1 Å². The number of hydrogen-bond donors (Lipinski definition) is 1. The second-order valence-electron chi connectivity index (χ2n) is 5.42. The molecule has 20 heavy (non-hydrogen) atoms. The molecule has 1 aromatic rings.